The summed E-state index contributed by atoms with van der Waals surface area (Å²) < 4.78 is 19.6. The van der Waals surface area contributed by atoms with Crippen molar-refractivity contribution in [2.75, 3.05) is 19.5 Å². The number of anilines is 1. The molecule has 4 atom stereocenters. The van der Waals surface area contributed by atoms with E-state index < -0.39 is 11.8 Å². The Balaban J connectivity index is 1.79. The van der Waals surface area contributed by atoms with E-state index in [0.29, 0.717) is 12.3 Å². The third-order valence-electron chi connectivity index (χ3n) is 4.63. The fraction of sp³-hybridized carbons (Fsp3) is 0.643. The molecular formula is C14H19N5O4. The van der Waals surface area contributed by atoms with E-state index >= 15 is 0 Å². The van der Waals surface area contributed by atoms with Gasteiger partial charge in [-0.3, -0.25) is 14.3 Å². The van der Waals surface area contributed by atoms with Gasteiger partial charge in [0.15, 0.2) is 17.4 Å². The molecule has 2 aliphatic rings. The first-order valence-corrected chi connectivity index (χ1v) is 7.64. The van der Waals surface area contributed by atoms with Gasteiger partial charge < -0.3 is 19.9 Å². The first-order valence-electron chi connectivity index (χ1n) is 7.64. The fourth-order valence-corrected chi connectivity index (χ4v) is 3.74. The maximum atomic E-state index is 11.9. The predicted molar refractivity (Wildman–Crippen MR) is 80.9 cm³/mol. The number of fused-ring (bicyclic) bond motifs is 3. The number of methoxy groups -OCH3 is 1. The van der Waals surface area contributed by atoms with E-state index in [1.807, 2.05) is 0 Å². The van der Waals surface area contributed by atoms with Gasteiger partial charge in [0.05, 0.1) is 12.9 Å². The molecule has 2 fully saturated rings. The minimum atomic E-state index is -0.470. The van der Waals surface area contributed by atoms with Crippen molar-refractivity contribution in [3.63, 3.8) is 0 Å². The van der Waals surface area contributed by atoms with Crippen LogP contribution in [0.3, 0.4) is 0 Å². The lowest BCUT2D eigenvalue weighted by atomic mass is 9.94. The van der Waals surface area contributed by atoms with E-state index in [-0.39, 0.29) is 29.2 Å². The molecule has 2 bridgehead atoms. The van der Waals surface area contributed by atoms with Gasteiger partial charge in [0, 0.05) is 7.11 Å². The minimum Gasteiger partial charge on any atom is -0.375 e. The number of nitrogen functional groups attached to an aromatic ring is 1. The maximum Gasteiger partial charge on any atom is 0.280 e. The number of rotatable bonds is 4. The van der Waals surface area contributed by atoms with Crippen molar-refractivity contribution in [3.8, 4) is 0 Å². The van der Waals surface area contributed by atoms with Crippen molar-refractivity contribution in [3.05, 3.63) is 16.7 Å². The van der Waals surface area contributed by atoms with Crippen LogP contribution in [0.25, 0.3) is 11.2 Å². The molecule has 0 amide bonds. The summed E-state index contributed by atoms with van der Waals surface area (Å²) >= 11 is 0. The van der Waals surface area contributed by atoms with Crippen molar-refractivity contribution < 1.29 is 14.2 Å². The third-order valence-corrected chi connectivity index (χ3v) is 4.63. The maximum absolute atomic E-state index is 11.9. The Morgan fingerprint density at radius 1 is 1.61 bits per heavy atom. The van der Waals surface area contributed by atoms with E-state index in [4.69, 9.17) is 19.9 Å². The standard InChI is InChI=1S/C14H19N5O4/c1-3-4-14-5-22-8(9(14)21-2)12(23-14)19-6-16-7-10(19)17-13(15)18-11(7)20/h6,8-9,12H,3-5H2,1-2H3,(H3,15,17,18,20)/t8-,9?,12+,14-/m0/s1. The Kier molecular flexibility index (Phi) is 3.19. The first kappa shape index (κ1) is 14.6. The highest BCUT2D eigenvalue weighted by atomic mass is 16.7. The monoisotopic (exact) mass is 321 g/mol. The minimum absolute atomic E-state index is 0.0416. The normalized spacial score (nSPS) is 32.9. The quantitative estimate of drug-likeness (QED) is 0.825. The SMILES string of the molecule is CCC[C@]12CO[C@@H](C1OC)[C@H](n1cnc3c(=O)[nH]c(N)nc31)O2. The van der Waals surface area contributed by atoms with Crippen LogP contribution in [0.4, 0.5) is 5.95 Å². The van der Waals surface area contributed by atoms with Crippen molar-refractivity contribution in [1.29, 1.82) is 0 Å². The molecule has 9 heteroatoms. The second kappa shape index (κ2) is 5.02. The van der Waals surface area contributed by atoms with Crippen LogP contribution in [0.15, 0.2) is 11.1 Å². The van der Waals surface area contributed by atoms with Gasteiger partial charge in [-0.25, -0.2) is 4.98 Å². The molecule has 4 heterocycles. The number of H-pyrrole nitrogens is 1. The van der Waals surface area contributed by atoms with Gasteiger partial charge in [0.2, 0.25) is 5.95 Å². The van der Waals surface area contributed by atoms with Gasteiger partial charge in [-0.2, -0.15) is 4.98 Å². The van der Waals surface area contributed by atoms with E-state index in [0.717, 1.165) is 12.8 Å². The molecule has 4 rings (SSSR count). The number of hydrogen-bond acceptors (Lipinski definition) is 7. The van der Waals surface area contributed by atoms with Gasteiger partial charge >= 0.3 is 0 Å². The summed E-state index contributed by atoms with van der Waals surface area (Å²) in [5.41, 5.74) is 5.42. The summed E-state index contributed by atoms with van der Waals surface area (Å²) in [5.74, 6) is 0.0416. The fourth-order valence-electron chi connectivity index (χ4n) is 3.74. The summed E-state index contributed by atoms with van der Waals surface area (Å²) in [6.45, 7) is 2.60. The number of hydrogen-bond donors (Lipinski definition) is 2. The second-order valence-electron chi connectivity index (χ2n) is 6.03. The van der Waals surface area contributed by atoms with Crippen LogP contribution in [0.2, 0.25) is 0 Å². The number of aromatic amines is 1. The first-order chi connectivity index (χ1) is 11.1. The Morgan fingerprint density at radius 3 is 3.17 bits per heavy atom. The molecule has 9 nitrogen and oxygen atoms in total. The van der Waals surface area contributed by atoms with Gasteiger partial charge in [-0.1, -0.05) is 13.3 Å². The summed E-state index contributed by atoms with van der Waals surface area (Å²) in [7, 11) is 1.66. The number of ether oxygens (including phenoxy) is 3. The number of nitrogens with two attached hydrogens (primary N) is 1. The largest absolute Gasteiger partial charge is 0.375 e. The van der Waals surface area contributed by atoms with Crippen LogP contribution in [0, 0.1) is 0 Å². The zero-order chi connectivity index (χ0) is 16.2. The molecule has 0 spiro atoms. The molecule has 23 heavy (non-hydrogen) atoms. The molecule has 2 saturated heterocycles. The van der Waals surface area contributed by atoms with E-state index in [2.05, 4.69) is 21.9 Å². The summed E-state index contributed by atoms with van der Waals surface area (Å²) in [6.07, 6.45) is 2.45. The smallest absolute Gasteiger partial charge is 0.280 e. The average molecular weight is 321 g/mol. The lowest BCUT2D eigenvalue weighted by Crippen LogP contribution is -2.41. The molecule has 3 N–H and O–H groups in total. The van der Waals surface area contributed by atoms with Crippen molar-refractivity contribution >= 4 is 17.1 Å². The van der Waals surface area contributed by atoms with Crippen LogP contribution in [-0.2, 0) is 14.2 Å². The highest BCUT2D eigenvalue weighted by Gasteiger charge is 2.62. The van der Waals surface area contributed by atoms with Crippen LogP contribution in [-0.4, -0.2) is 51.0 Å². The lowest BCUT2D eigenvalue weighted by Gasteiger charge is -2.31. The van der Waals surface area contributed by atoms with Gasteiger partial charge in [-0.05, 0) is 6.42 Å². The molecule has 0 aliphatic carbocycles. The lowest BCUT2D eigenvalue weighted by molar-refractivity contribution is -0.175. The highest BCUT2D eigenvalue weighted by Crippen LogP contribution is 2.48. The predicted octanol–water partition coefficient (Wildman–Crippen LogP) is 0.183. The number of imidazole rings is 1. The summed E-state index contributed by atoms with van der Waals surface area (Å²) in [6, 6.07) is 0. The average Bonchev–Trinajstić information content (AvgIpc) is 3.15. The van der Waals surface area contributed by atoms with Crippen LogP contribution < -0.4 is 11.3 Å². The third kappa shape index (κ3) is 1.93. The van der Waals surface area contributed by atoms with E-state index in [1.165, 1.54) is 6.33 Å². The van der Waals surface area contributed by atoms with Gasteiger partial charge in [0.1, 0.15) is 17.8 Å². The summed E-state index contributed by atoms with van der Waals surface area (Å²) in [4.78, 5) is 22.7. The summed E-state index contributed by atoms with van der Waals surface area (Å²) in [5, 5.41) is 0. The molecule has 0 aromatic carbocycles. The Labute approximate surface area is 131 Å². The molecule has 1 unspecified atom stereocenters. The number of nitrogens with one attached hydrogen (secondary N) is 1. The van der Waals surface area contributed by atoms with Crippen LogP contribution >= 0.6 is 0 Å². The topological polar surface area (TPSA) is 117 Å². The van der Waals surface area contributed by atoms with Crippen molar-refractivity contribution in [2.24, 2.45) is 0 Å². The number of aromatic nitrogens is 4. The van der Waals surface area contributed by atoms with Gasteiger partial charge in [-0.15, -0.1) is 0 Å². The Morgan fingerprint density at radius 2 is 2.43 bits per heavy atom. The Bertz CT molecular complexity index is 802. The van der Waals surface area contributed by atoms with E-state index in [1.54, 1.807) is 11.7 Å². The Hall–Kier alpha value is -1.97. The molecule has 2 aromatic rings. The molecule has 0 saturated carbocycles. The van der Waals surface area contributed by atoms with Crippen molar-refractivity contribution in [2.45, 2.75) is 43.8 Å². The van der Waals surface area contributed by atoms with Crippen LogP contribution in [0.1, 0.15) is 26.0 Å². The molecule has 124 valence electrons. The molecule has 0 radical (unpaired) electrons. The number of nitrogens with zero attached hydrogens (tertiary/aromatic N) is 3. The second-order valence-corrected chi connectivity index (χ2v) is 6.03. The zero-order valence-corrected chi connectivity index (χ0v) is 13.0. The van der Waals surface area contributed by atoms with E-state index in [9.17, 15) is 4.79 Å². The highest BCUT2D eigenvalue weighted by molar-refractivity contribution is 5.70. The van der Waals surface area contributed by atoms with Crippen molar-refractivity contribution in [1.82, 2.24) is 19.5 Å². The zero-order valence-electron chi connectivity index (χ0n) is 13.0. The molecule has 2 aromatic heterocycles. The molecule has 2 aliphatic heterocycles. The van der Waals surface area contributed by atoms with Crippen LogP contribution in [0.5, 0.6) is 0 Å². The molecular weight excluding hydrogens is 302 g/mol. The van der Waals surface area contributed by atoms with Gasteiger partial charge in [0.25, 0.3) is 5.56 Å².